The molecule has 2 bridgehead atoms. The van der Waals surface area contributed by atoms with Gasteiger partial charge in [-0.05, 0) is 49.3 Å². The summed E-state index contributed by atoms with van der Waals surface area (Å²) in [6.07, 6.45) is 1.50. The number of hydrogen-bond donors (Lipinski definition) is 4. The summed E-state index contributed by atoms with van der Waals surface area (Å²) in [4.78, 5) is 23.0. The molecule has 1 aromatic rings. The van der Waals surface area contributed by atoms with Crippen LogP contribution in [-0.4, -0.2) is 50.2 Å². The smallest absolute Gasteiger partial charge is 0.340 e. The third-order valence-electron chi connectivity index (χ3n) is 7.12. The fraction of sp³-hybridized carbons (Fsp3) is 0.524. The van der Waals surface area contributed by atoms with Crippen LogP contribution < -0.4 is 4.74 Å². The summed E-state index contributed by atoms with van der Waals surface area (Å²) in [5, 5.41) is 40.8. The van der Waals surface area contributed by atoms with Crippen molar-refractivity contribution in [3.63, 3.8) is 0 Å². The summed E-state index contributed by atoms with van der Waals surface area (Å²) in [6, 6.07) is 3.44. The second-order valence-corrected chi connectivity index (χ2v) is 8.48. The van der Waals surface area contributed by atoms with Crippen LogP contribution in [0.4, 0.5) is 0 Å². The summed E-state index contributed by atoms with van der Waals surface area (Å²) in [5.74, 6) is -1.95. The van der Waals surface area contributed by atoms with Gasteiger partial charge in [0, 0.05) is 5.56 Å². The van der Waals surface area contributed by atoms with Crippen molar-refractivity contribution in [3.8, 4) is 11.5 Å². The lowest BCUT2D eigenvalue weighted by molar-refractivity contribution is -0.166. The van der Waals surface area contributed by atoms with E-state index < -0.39 is 41.6 Å². The maximum atomic E-state index is 12.2. The Morgan fingerprint density at radius 2 is 2.14 bits per heavy atom. The van der Waals surface area contributed by atoms with E-state index in [1.165, 1.54) is 0 Å². The molecule has 1 fully saturated rings. The molecular weight excluding hydrogens is 380 g/mol. The molecule has 1 aromatic carbocycles. The molecule has 1 aliphatic heterocycles. The van der Waals surface area contributed by atoms with Crippen LogP contribution in [0.1, 0.15) is 43.2 Å². The Morgan fingerprint density at radius 1 is 1.34 bits per heavy atom. The molecule has 0 amide bonds. The van der Waals surface area contributed by atoms with Gasteiger partial charge in [0.2, 0.25) is 0 Å². The third kappa shape index (κ3) is 2.27. The van der Waals surface area contributed by atoms with Crippen LogP contribution in [0.2, 0.25) is 0 Å². The monoisotopic (exact) mass is 402 g/mol. The number of ether oxygens (including phenoxy) is 2. The summed E-state index contributed by atoms with van der Waals surface area (Å²) in [5.41, 5.74) is -0.126. The summed E-state index contributed by atoms with van der Waals surface area (Å²) in [7, 11) is 0. The first-order valence-electron chi connectivity index (χ1n) is 9.84. The summed E-state index contributed by atoms with van der Waals surface area (Å²) < 4.78 is 11.5. The molecule has 5 atom stereocenters. The van der Waals surface area contributed by atoms with E-state index >= 15 is 0 Å². The lowest BCUT2D eigenvalue weighted by Gasteiger charge is -2.59. The largest absolute Gasteiger partial charge is 0.504 e. The van der Waals surface area contributed by atoms with Crippen molar-refractivity contribution in [2.75, 3.05) is 0 Å². The number of aliphatic hydroxyl groups is 2. The van der Waals surface area contributed by atoms with Crippen molar-refractivity contribution in [1.82, 2.24) is 0 Å². The van der Waals surface area contributed by atoms with Crippen molar-refractivity contribution in [3.05, 3.63) is 35.1 Å². The van der Waals surface area contributed by atoms with Gasteiger partial charge in [-0.3, -0.25) is 4.79 Å². The number of benzene rings is 1. The van der Waals surface area contributed by atoms with E-state index in [0.717, 1.165) is 24.0 Å². The number of phenols is 1. The topological polar surface area (TPSA) is 134 Å². The lowest BCUT2D eigenvalue weighted by Crippen LogP contribution is -2.67. The van der Waals surface area contributed by atoms with Crippen LogP contribution in [0.3, 0.4) is 0 Å². The van der Waals surface area contributed by atoms with E-state index in [1.54, 1.807) is 12.1 Å². The highest BCUT2D eigenvalue weighted by Gasteiger charge is 2.70. The molecule has 3 aliphatic carbocycles. The van der Waals surface area contributed by atoms with Gasteiger partial charge in [-0.15, -0.1) is 0 Å². The summed E-state index contributed by atoms with van der Waals surface area (Å²) >= 11 is 0. The minimum atomic E-state index is -1.80. The Labute approximate surface area is 166 Å². The number of esters is 1. The van der Waals surface area contributed by atoms with Crippen molar-refractivity contribution in [2.24, 2.45) is 5.92 Å². The number of phenolic OH excluding ortho intramolecular Hbond substituents is 1. The SMILES string of the molecule is O=C(O)C[C@H](O)C(=O)OC1=CC[C@@]2(O)[C@@H]3CCC[C@@]24c2c(ccc(O)c2O[C@@H]14)C3. The van der Waals surface area contributed by atoms with Crippen molar-refractivity contribution in [1.29, 1.82) is 0 Å². The van der Waals surface area contributed by atoms with E-state index in [-0.39, 0.29) is 23.8 Å². The van der Waals surface area contributed by atoms with Crippen LogP contribution in [0.25, 0.3) is 0 Å². The second kappa shape index (κ2) is 5.96. The molecule has 29 heavy (non-hydrogen) atoms. The average molecular weight is 402 g/mol. The molecule has 8 heteroatoms. The highest BCUT2D eigenvalue weighted by Crippen LogP contribution is 2.67. The molecule has 4 aliphatic rings. The minimum absolute atomic E-state index is 0.0245. The van der Waals surface area contributed by atoms with E-state index in [4.69, 9.17) is 14.6 Å². The molecule has 0 radical (unpaired) electrons. The zero-order chi connectivity index (χ0) is 20.6. The van der Waals surface area contributed by atoms with Crippen molar-refractivity contribution < 1.29 is 39.5 Å². The average Bonchev–Trinajstić information content (AvgIpc) is 3.00. The zero-order valence-corrected chi connectivity index (χ0v) is 15.6. The van der Waals surface area contributed by atoms with Crippen LogP contribution in [0.15, 0.2) is 24.0 Å². The Hall–Kier alpha value is -2.58. The van der Waals surface area contributed by atoms with Gasteiger partial charge in [0.15, 0.2) is 23.7 Å². The lowest BCUT2D eigenvalue weighted by atomic mass is 9.47. The molecule has 0 aromatic heterocycles. The first-order valence-corrected chi connectivity index (χ1v) is 9.84. The number of carboxylic acid groups (broad SMARTS) is 1. The molecule has 0 unspecified atom stereocenters. The van der Waals surface area contributed by atoms with Gasteiger partial charge >= 0.3 is 11.9 Å². The van der Waals surface area contributed by atoms with E-state index in [2.05, 4.69) is 0 Å². The highest BCUT2D eigenvalue weighted by molar-refractivity contribution is 5.81. The van der Waals surface area contributed by atoms with Gasteiger partial charge in [-0.25, -0.2) is 4.79 Å². The van der Waals surface area contributed by atoms with Gasteiger partial charge in [-0.1, -0.05) is 12.5 Å². The van der Waals surface area contributed by atoms with Crippen LogP contribution in [0.5, 0.6) is 11.5 Å². The minimum Gasteiger partial charge on any atom is -0.504 e. The first-order chi connectivity index (χ1) is 13.8. The van der Waals surface area contributed by atoms with E-state index in [1.807, 2.05) is 6.07 Å². The molecule has 1 heterocycles. The highest BCUT2D eigenvalue weighted by atomic mass is 16.6. The number of hydrogen-bond acceptors (Lipinski definition) is 7. The second-order valence-electron chi connectivity index (χ2n) is 8.48. The fourth-order valence-corrected chi connectivity index (χ4v) is 5.96. The molecule has 8 nitrogen and oxygen atoms in total. The molecule has 154 valence electrons. The fourth-order valence-electron chi connectivity index (χ4n) is 5.96. The number of carboxylic acids is 1. The van der Waals surface area contributed by atoms with E-state index in [0.29, 0.717) is 18.6 Å². The van der Waals surface area contributed by atoms with Crippen molar-refractivity contribution in [2.45, 2.75) is 61.7 Å². The van der Waals surface area contributed by atoms with E-state index in [9.17, 15) is 24.9 Å². The molecule has 4 N–H and O–H groups in total. The Bertz CT molecular complexity index is 952. The van der Waals surface area contributed by atoms with Gasteiger partial charge in [0.25, 0.3) is 0 Å². The number of aliphatic hydroxyl groups excluding tert-OH is 1. The number of aromatic hydroxyl groups is 1. The quantitative estimate of drug-likeness (QED) is 0.551. The zero-order valence-electron chi connectivity index (χ0n) is 15.6. The van der Waals surface area contributed by atoms with Crippen LogP contribution in [0, 0.1) is 5.92 Å². The number of carbonyl (C=O) groups is 2. The molecule has 1 spiro atoms. The Balaban J connectivity index is 1.58. The normalized spacial score (nSPS) is 34.5. The van der Waals surface area contributed by atoms with Gasteiger partial charge in [0.05, 0.1) is 17.4 Å². The van der Waals surface area contributed by atoms with Crippen LogP contribution >= 0.6 is 0 Å². The Kier molecular flexibility index (Phi) is 3.79. The molecule has 1 saturated carbocycles. The summed E-state index contributed by atoms with van der Waals surface area (Å²) in [6.45, 7) is 0. The predicted octanol–water partition coefficient (Wildman–Crippen LogP) is 1.14. The predicted molar refractivity (Wildman–Crippen MR) is 97.2 cm³/mol. The molecule has 5 rings (SSSR count). The third-order valence-corrected chi connectivity index (χ3v) is 7.12. The number of aliphatic carboxylic acids is 1. The first kappa shape index (κ1) is 18.4. The Morgan fingerprint density at radius 3 is 2.90 bits per heavy atom. The number of rotatable bonds is 4. The standard InChI is InChI=1S/C21H22O8/c22-12-4-3-10-8-11-2-1-6-20-16(10)17(12)29-18(20)14(5-7-21(11,20)27)28-19(26)13(23)9-15(24)25/h3-5,11,13,18,22-23,27H,1-2,6-9H2,(H,24,25)/t11-,13+,18+,20+,21-/m1/s1. The molecular formula is C21H22O8. The maximum Gasteiger partial charge on any atom is 0.340 e. The van der Waals surface area contributed by atoms with Gasteiger partial charge in [-0.2, -0.15) is 0 Å². The maximum absolute atomic E-state index is 12.2. The molecule has 0 saturated heterocycles. The van der Waals surface area contributed by atoms with Crippen molar-refractivity contribution >= 4 is 11.9 Å². The van der Waals surface area contributed by atoms with Crippen LogP contribution in [-0.2, 0) is 26.2 Å². The number of carbonyl (C=O) groups excluding carboxylic acids is 1. The van der Waals surface area contributed by atoms with Gasteiger partial charge in [0.1, 0.15) is 5.76 Å². The van der Waals surface area contributed by atoms with Gasteiger partial charge < -0.3 is 29.9 Å².